The van der Waals surface area contributed by atoms with Gasteiger partial charge in [-0.1, -0.05) is 0 Å². The Kier molecular flexibility index (Phi) is 12.8. The van der Waals surface area contributed by atoms with Crippen LogP contribution in [0.5, 0.6) is 0 Å². The fourth-order valence-corrected chi connectivity index (χ4v) is 2.97. The minimum atomic E-state index is -5.85. The Labute approximate surface area is 262 Å². The van der Waals surface area contributed by atoms with Gasteiger partial charge in [-0.15, -0.1) is 0 Å². The van der Waals surface area contributed by atoms with Crippen LogP contribution in [-0.4, -0.2) is 121 Å². The normalized spacial score (nSPS) is 12.2. The van der Waals surface area contributed by atoms with E-state index in [0.717, 1.165) is 0 Å². The number of ether oxygens (including phenoxy) is 4. The topological polar surface area (TPSA) is 555 Å². The van der Waals surface area contributed by atoms with Crippen LogP contribution in [-0.2, 0) is 18.9 Å². The smallest absolute Gasteiger partial charge is 0.264 e. The Bertz CT molecular complexity index is 1330. The first kappa shape index (κ1) is 42.6. The lowest BCUT2D eigenvalue weighted by molar-refractivity contribution is -0.933. The fourth-order valence-electron chi connectivity index (χ4n) is 2.97. The van der Waals surface area contributed by atoms with Crippen molar-refractivity contribution < 1.29 is 78.0 Å². The van der Waals surface area contributed by atoms with Gasteiger partial charge in [-0.25, -0.2) is 4.74 Å². The van der Waals surface area contributed by atoms with Crippen molar-refractivity contribution in [3.63, 3.8) is 0 Å². The van der Waals surface area contributed by atoms with Gasteiger partial charge in [0.15, 0.2) is 0 Å². The van der Waals surface area contributed by atoms with E-state index in [0.29, 0.717) is 0 Å². The molecule has 40 nitrogen and oxygen atoms in total. The molecule has 0 rings (SSSR count). The summed E-state index contributed by atoms with van der Waals surface area (Å²) in [5.41, 5.74) is 0. The van der Waals surface area contributed by atoms with E-state index in [1.165, 1.54) is 0 Å². The van der Waals surface area contributed by atoms with E-state index in [4.69, 9.17) is 0 Å². The van der Waals surface area contributed by atoms with Crippen LogP contribution in [0, 0.1) is 121 Å². The molecule has 0 aliphatic carbocycles. The summed E-state index contributed by atoms with van der Waals surface area (Å²) in [5.74, 6) is -27.3. The average molecular weight is 746 g/mol. The molecule has 278 valence electrons. The Balaban J connectivity index is 8.94. The summed E-state index contributed by atoms with van der Waals surface area (Å²) in [6, 6.07) is 0. The van der Waals surface area contributed by atoms with Gasteiger partial charge in [-0.05, 0) is 0 Å². The van der Waals surface area contributed by atoms with Gasteiger partial charge in [0.25, 0.3) is 0 Å². The highest BCUT2D eigenvalue weighted by atomic mass is 17.0. The Hall–Kier alpha value is -7.36. The standard InChI is InChI=1S/C10H10N12O28/c23-11(24)1-6(15(31)32,16(33)34)47-5-10(48-7(17(35)36,18(37)38)2-12(25)26,49-8(19(39)40,20(41)42)3-13(27)28)50-9(21(43)44,22(45)46)4-14(29)30/h1-5H2. The van der Waals surface area contributed by atoms with E-state index in [-0.39, 0.29) is 0 Å². The van der Waals surface area contributed by atoms with Crippen molar-refractivity contribution in [3.05, 3.63) is 121 Å². The van der Waals surface area contributed by atoms with Crippen molar-refractivity contribution in [2.75, 3.05) is 32.8 Å². The zero-order chi connectivity index (χ0) is 39.8. The molecule has 0 unspecified atom stereocenters. The molecule has 0 amide bonds. The van der Waals surface area contributed by atoms with Gasteiger partial charge in [0, 0.05) is 19.7 Å². The lowest BCUT2D eigenvalue weighted by Crippen LogP contribution is -2.71. The van der Waals surface area contributed by atoms with Gasteiger partial charge in [0.05, 0.1) is 0 Å². The molecule has 0 saturated carbocycles. The highest BCUT2D eigenvalue weighted by Gasteiger charge is 2.81. The van der Waals surface area contributed by atoms with Crippen LogP contribution in [0.4, 0.5) is 0 Å². The minimum Gasteiger partial charge on any atom is -0.264 e. The van der Waals surface area contributed by atoms with E-state index >= 15 is 0 Å². The Morgan fingerprint density at radius 3 is 0.660 bits per heavy atom. The molecule has 50 heavy (non-hydrogen) atoms. The van der Waals surface area contributed by atoms with E-state index in [9.17, 15) is 121 Å². The Morgan fingerprint density at radius 1 is 0.320 bits per heavy atom. The third-order valence-corrected chi connectivity index (χ3v) is 5.06. The first-order chi connectivity index (χ1) is 22.5. The lowest BCUT2D eigenvalue weighted by Gasteiger charge is -2.34. The molecule has 0 heterocycles. The summed E-state index contributed by atoms with van der Waals surface area (Å²) in [5, 5.41) is 138. The van der Waals surface area contributed by atoms with Gasteiger partial charge in [0.1, 0.15) is 46.0 Å². The summed E-state index contributed by atoms with van der Waals surface area (Å²) in [7, 11) is 0. The molecule has 0 N–H and O–H groups in total. The monoisotopic (exact) mass is 746 g/mol. The number of nitrogens with zero attached hydrogens (tertiary/aromatic N) is 12. The maximum Gasteiger partial charge on any atom is 0.648 e. The predicted molar refractivity (Wildman–Crippen MR) is 126 cm³/mol. The van der Waals surface area contributed by atoms with Crippen LogP contribution in [0.25, 0.3) is 0 Å². The van der Waals surface area contributed by atoms with E-state index in [1.54, 1.807) is 0 Å². The highest BCUT2D eigenvalue weighted by molar-refractivity contribution is 4.72. The van der Waals surface area contributed by atoms with Gasteiger partial charge in [-0.3, -0.25) is 121 Å². The third kappa shape index (κ3) is 8.71. The van der Waals surface area contributed by atoms with Crippen molar-refractivity contribution in [3.8, 4) is 0 Å². The quantitative estimate of drug-likeness (QED) is 0.0484. The van der Waals surface area contributed by atoms with E-state index < -0.39 is 121 Å². The molecule has 0 aromatic carbocycles. The molecule has 0 aliphatic rings. The van der Waals surface area contributed by atoms with E-state index in [1.807, 2.05) is 0 Å². The second-order valence-electron chi connectivity index (χ2n) is 8.27. The summed E-state index contributed by atoms with van der Waals surface area (Å²) in [6.07, 6.45) is 0. The van der Waals surface area contributed by atoms with Crippen molar-refractivity contribution in [2.45, 2.75) is 29.4 Å². The molecule has 40 heteroatoms. The first-order valence-electron chi connectivity index (χ1n) is 10.9. The third-order valence-electron chi connectivity index (χ3n) is 5.06. The molecule has 0 saturated heterocycles. The maximum atomic E-state index is 11.8. The zero-order valence-corrected chi connectivity index (χ0v) is 22.8. The first-order valence-corrected chi connectivity index (χ1v) is 10.9. The minimum absolute atomic E-state index is 2.03. The summed E-state index contributed by atoms with van der Waals surface area (Å²) < 4.78 is 15.6. The van der Waals surface area contributed by atoms with Gasteiger partial charge < -0.3 is 0 Å². The van der Waals surface area contributed by atoms with E-state index in [2.05, 4.69) is 18.9 Å². The molecule has 0 atom stereocenters. The van der Waals surface area contributed by atoms with Crippen molar-refractivity contribution >= 4 is 0 Å². The van der Waals surface area contributed by atoms with Gasteiger partial charge in [-0.2, -0.15) is 14.2 Å². The lowest BCUT2D eigenvalue weighted by atomic mass is 10.3. The largest absolute Gasteiger partial charge is 0.648 e. The average Bonchev–Trinajstić information content (AvgIpc) is 2.92. The van der Waals surface area contributed by atoms with Crippen molar-refractivity contribution in [2.24, 2.45) is 0 Å². The van der Waals surface area contributed by atoms with Crippen LogP contribution in [0.2, 0.25) is 0 Å². The van der Waals surface area contributed by atoms with Crippen LogP contribution in [0.1, 0.15) is 0 Å². The van der Waals surface area contributed by atoms with Crippen LogP contribution in [0.15, 0.2) is 0 Å². The van der Waals surface area contributed by atoms with Crippen LogP contribution >= 0.6 is 0 Å². The maximum absolute atomic E-state index is 11.8. The van der Waals surface area contributed by atoms with Crippen molar-refractivity contribution in [1.82, 2.24) is 0 Å². The highest BCUT2D eigenvalue weighted by Crippen LogP contribution is 2.37. The van der Waals surface area contributed by atoms with Gasteiger partial charge >= 0.3 is 55.5 Å². The number of rotatable bonds is 25. The number of hydrogen-bond donors (Lipinski definition) is 0. The van der Waals surface area contributed by atoms with Crippen LogP contribution in [0.3, 0.4) is 0 Å². The van der Waals surface area contributed by atoms with Crippen molar-refractivity contribution in [1.29, 1.82) is 0 Å². The molecular formula is C10H10N12O28. The summed E-state index contributed by atoms with van der Waals surface area (Å²) in [6.45, 7) is -15.6. The molecule has 0 bridgehead atoms. The molecular weight excluding hydrogens is 736 g/mol. The second kappa shape index (κ2) is 15.0. The molecule has 0 radical (unpaired) electrons. The van der Waals surface area contributed by atoms with Crippen LogP contribution < -0.4 is 0 Å². The summed E-state index contributed by atoms with van der Waals surface area (Å²) in [4.78, 5) is 109. The molecule has 0 aromatic heterocycles. The molecule has 0 fully saturated rings. The number of nitro groups is 12. The number of hydrogen-bond acceptors (Lipinski definition) is 28. The molecule has 0 spiro atoms. The zero-order valence-electron chi connectivity index (χ0n) is 22.8. The molecule has 0 aliphatic heterocycles. The summed E-state index contributed by atoms with van der Waals surface area (Å²) >= 11 is 0. The second-order valence-corrected chi connectivity index (χ2v) is 8.27. The Morgan fingerprint density at radius 2 is 0.500 bits per heavy atom. The van der Waals surface area contributed by atoms with Gasteiger partial charge in [0.2, 0.25) is 0 Å². The molecule has 0 aromatic rings. The SMILES string of the molecule is O=[N+]([O-])CC(OCC(OC(C[N+](=O)[O-])([N+](=O)[O-])[N+](=O)[O-])(OC(C[N+](=O)[O-])([N+](=O)[O-])[N+](=O)[O-])OC(C[N+](=O)[O-])([N+](=O)[O-])[N+](=O)[O-])([N+](=O)[O-])[N+](=O)[O-]. The fraction of sp³-hybridized carbons (Fsp3) is 1.00. The predicted octanol–water partition coefficient (Wildman–Crippen LogP) is -4.36.